The molecule has 1 aromatic heterocycles. The third-order valence-corrected chi connectivity index (χ3v) is 4.38. The normalized spacial score (nSPS) is 24.6. The first-order chi connectivity index (χ1) is 7.70. The maximum Gasteiger partial charge on any atom is 0.250 e. The van der Waals surface area contributed by atoms with Gasteiger partial charge >= 0.3 is 0 Å². The van der Waals surface area contributed by atoms with Gasteiger partial charge in [-0.2, -0.15) is 11.8 Å². The van der Waals surface area contributed by atoms with E-state index >= 15 is 0 Å². The molecular formula is C12H18N2OS. The molecule has 2 unspecified atom stereocenters. The Kier molecular flexibility index (Phi) is 3.59. The van der Waals surface area contributed by atoms with Gasteiger partial charge in [-0.1, -0.05) is 6.92 Å². The van der Waals surface area contributed by atoms with Crippen molar-refractivity contribution in [1.82, 2.24) is 4.57 Å². The van der Waals surface area contributed by atoms with Crippen molar-refractivity contribution < 1.29 is 0 Å². The van der Waals surface area contributed by atoms with Crippen LogP contribution >= 0.6 is 11.8 Å². The van der Waals surface area contributed by atoms with Gasteiger partial charge in [0.15, 0.2) is 0 Å². The van der Waals surface area contributed by atoms with E-state index in [0.29, 0.717) is 11.3 Å². The minimum atomic E-state index is 0.0712. The van der Waals surface area contributed by atoms with E-state index in [4.69, 9.17) is 0 Å². The van der Waals surface area contributed by atoms with Crippen LogP contribution in [0.15, 0.2) is 23.1 Å². The fourth-order valence-electron chi connectivity index (χ4n) is 2.00. The summed E-state index contributed by atoms with van der Waals surface area (Å²) in [7, 11) is 0. The van der Waals surface area contributed by atoms with Crippen LogP contribution in [0.1, 0.15) is 20.3 Å². The lowest BCUT2D eigenvalue weighted by Crippen LogP contribution is -2.26. The second-order valence-corrected chi connectivity index (χ2v) is 5.64. The Bertz CT molecular complexity index is 416. The lowest BCUT2D eigenvalue weighted by Gasteiger charge is -2.18. The van der Waals surface area contributed by atoms with Gasteiger partial charge in [0.05, 0.1) is 5.69 Å². The fourth-order valence-corrected chi connectivity index (χ4v) is 3.20. The number of nitrogens with one attached hydrogen (secondary N) is 1. The predicted molar refractivity (Wildman–Crippen MR) is 70.3 cm³/mol. The monoisotopic (exact) mass is 238 g/mol. The lowest BCUT2D eigenvalue weighted by molar-refractivity contribution is 0.706. The minimum Gasteiger partial charge on any atom is -0.380 e. The zero-order valence-corrected chi connectivity index (χ0v) is 10.6. The van der Waals surface area contributed by atoms with Crippen LogP contribution in [0.4, 0.5) is 5.69 Å². The van der Waals surface area contributed by atoms with Gasteiger partial charge in [0.1, 0.15) is 0 Å². The molecular weight excluding hydrogens is 220 g/mol. The van der Waals surface area contributed by atoms with Crippen molar-refractivity contribution in [1.29, 1.82) is 0 Å². The Morgan fingerprint density at radius 2 is 2.38 bits per heavy atom. The summed E-state index contributed by atoms with van der Waals surface area (Å²) in [6.45, 7) is 4.97. The third kappa shape index (κ3) is 2.43. The number of hydrogen-bond donors (Lipinski definition) is 1. The number of rotatable bonds is 3. The van der Waals surface area contributed by atoms with E-state index < -0.39 is 0 Å². The highest BCUT2D eigenvalue weighted by Crippen LogP contribution is 2.28. The smallest absolute Gasteiger partial charge is 0.250 e. The SMILES string of the molecule is CCn1cc(NC2CCSC2C)ccc1=O. The zero-order valence-electron chi connectivity index (χ0n) is 9.77. The van der Waals surface area contributed by atoms with Crippen molar-refractivity contribution in [2.45, 2.75) is 38.1 Å². The van der Waals surface area contributed by atoms with Crippen molar-refractivity contribution in [3.05, 3.63) is 28.7 Å². The highest BCUT2D eigenvalue weighted by Gasteiger charge is 2.23. The van der Waals surface area contributed by atoms with Crippen LogP contribution in [0.3, 0.4) is 0 Å². The molecule has 0 saturated carbocycles. The Morgan fingerprint density at radius 1 is 1.56 bits per heavy atom. The molecule has 0 bridgehead atoms. The second kappa shape index (κ2) is 4.95. The molecule has 1 aromatic rings. The summed E-state index contributed by atoms with van der Waals surface area (Å²) in [6, 6.07) is 4.05. The van der Waals surface area contributed by atoms with E-state index in [1.54, 1.807) is 10.6 Å². The van der Waals surface area contributed by atoms with Crippen LogP contribution in [0.5, 0.6) is 0 Å². The molecule has 0 spiro atoms. The Balaban J connectivity index is 2.12. The molecule has 2 rings (SSSR count). The van der Waals surface area contributed by atoms with E-state index in [2.05, 4.69) is 12.2 Å². The molecule has 2 heterocycles. The summed E-state index contributed by atoms with van der Waals surface area (Å²) in [6.07, 6.45) is 3.12. The quantitative estimate of drug-likeness (QED) is 0.876. The number of hydrogen-bond acceptors (Lipinski definition) is 3. The van der Waals surface area contributed by atoms with Crippen LogP contribution in [0, 0.1) is 0 Å². The van der Waals surface area contributed by atoms with Crippen LogP contribution in [-0.4, -0.2) is 21.6 Å². The molecule has 0 amide bonds. The number of aryl methyl sites for hydroxylation is 1. The molecule has 2 atom stereocenters. The molecule has 1 fully saturated rings. The summed E-state index contributed by atoms with van der Waals surface area (Å²) in [4.78, 5) is 11.4. The molecule has 1 N–H and O–H groups in total. The van der Waals surface area contributed by atoms with Gasteiger partial charge in [-0.3, -0.25) is 4.79 Å². The van der Waals surface area contributed by atoms with Gasteiger partial charge in [0, 0.05) is 30.1 Å². The van der Waals surface area contributed by atoms with E-state index in [0.717, 1.165) is 12.2 Å². The number of anilines is 1. The van der Waals surface area contributed by atoms with Crippen molar-refractivity contribution in [3.8, 4) is 0 Å². The zero-order chi connectivity index (χ0) is 11.5. The van der Waals surface area contributed by atoms with Gasteiger partial charge in [-0.05, 0) is 25.2 Å². The van der Waals surface area contributed by atoms with Gasteiger partial charge in [0.25, 0.3) is 5.56 Å². The maximum absolute atomic E-state index is 11.4. The van der Waals surface area contributed by atoms with Gasteiger partial charge < -0.3 is 9.88 Å². The van der Waals surface area contributed by atoms with Crippen LogP contribution in [0.25, 0.3) is 0 Å². The highest BCUT2D eigenvalue weighted by atomic mass is 32.2. The maximum atomic E-state index is 11.4. The molecule has 16 heavy (non-hydrogen) atoms. The third-order valence-electron chi connectivity index (χ3n) is 3.05. The summed E-state index contributed by atoms with van der Waals surface area (Å²) < 4.78 is 1.73. The number of nitrogens with zero attached hydrogens (tertiary/aromatic N) is 1. The average Bonchev–Trinajstić information content (AvgIpc) is 2.67. The summed E-state index contributed by atoms with van der Waals surface area (Å²) >= 11 is 2.01. The largest absolute Gasteiger partial charge is 0.380 e. The first-order valence-electron chi connectivity index (χ1n) is 5.79. The van der Waals surface area contributed by atoms with Gasteiger partial charge in [0.2, 0.25) is 0 Å². The van der Waals surface area contributed by atoms with Crippen LogP contribution in [0.2, 0.25) is 0 Å². The van der Waals surface area contributed by atoms with Gasteiger partial charge in [-0.15, -0.1) is 0 Å². The lowest BCUT2D eigenvalue weighted by atomic mass is 10.1. The first kappa shape index (κ1) is 11.6. The first-order valence-corrected chi connectivity index (χ1v) is 6.84. The average molecular weight is 238 g/mol. The summed E-state index contributed by atoms with van der Waals surface area (Å²) in [5.41, 5.74) is 1.13. The number of thioether (sulfide) groups is 1. The van der Waals surface area contributed by atoms with E-state index in [1.807, 2.05) is 30.9 Å². The van der Waals surface area contributed by atoms with Crippen LogP contribution < -0.4 is 10.9 Å². The summed E-state index contributed by atoms with van der Waals surface area (Å²) in [5, 5.41) is 4.17. The molecule has 0 aromatic carbocycles. The molecule has 88 valence electrons. The van der Waals surface area contributed by atoms with E-state index in [1.165, 1.54) is 12.2 Å². The molecule has 1 saturated heterocycles. The Hall–Kier alpha value is -0.900. The minimum absolute atomic E-state index is 0.0712. The summed E-state index contributed by atoms with van der Waals surface area (Å²) in [5.74, 6) is 1.23. The van der Waals surface area contributed by atoms with Crippen molar-refractivity contribution in [2.75, 3.05) is 11.1 Å². The fraction of sp³-hybridized carbons (Fsp3) is 0.583. The Labute approximate surface area is 100 Å². The molecule has 1 aliphatic rings. The van der Waals surface area contributed by atoms with Gasteiger partial charge in [-0.25, -0.2) is 0 Å². The van der Waals surface area contributed by atoms with E-state index in [-0.39, 0.29) is 5.56 Å². The Morgan fingerprint density at radius 3 is 3.00 bits per heavy atom. The second-order valence-electron chi connectivity index (χ2n) is 4.16. The molecule has 4 heteroatoms. The highest BCUT2D eigenvalue weighted by molar-refractivity contribution is 8.00. The molecule has 0 aliphatic carbocycles. The van der Waals surface area contributed by atoms with E-state index in [9.17, 15) is 4.79 Å². The van der Waals surface area contributed by atoms with Crippen LogP contribution in [-0.2, 0) is 6.54 Å². The molecule has 1 aliphatic heterocycles. The van der Waals surface area contributed by atoms with Crippen molar-refractivity contribution in [2.24, 2.45) is 0 Å². The molecule has 3 nitrogen and oxygen atoms in total. The standard InChI is InChI=1S/C12H18N2OS/c1-3-14-8-10(4-5-12(14)15)13-11-6-7-16-9(11)2/h4-5,8-9,11,13H,3,6-7H2,1-2H3. The molecule has 0 radical (unpaired) electrons. The number of aromatic nitrogens is 1. The van der Waals surface area contributed by atoms with Crippen molar-refractivity contribution in [3.63, 3.8) is 0 Å². The number of pyridine rings is 1. The topological polar surface area (TPSA) is 34.0 Å². The predicted octanol–water partition coefficient (Wildman–Crippen LogP) is 2.17. The van der Waals surface area contributed by atoms with Crippen molar-refractivity contribution >= 4 is 17.4 Å².